The molecule has 6 heteroatoms. The number of thioether (sulfide) groups is 1. The monoisotopic (exact) mass is 378 g/mol. The molecule has 0 aliphatic carbocycles. The van der Waals surface area contributed by atoms with E-state index in [1.165, 1.54) is 11.1 Å². The van der Waals surface area contributed by atoms with Gasteiger partial charge in [0, 0.05) is 6.54 Å². The molecule has 0 saturated heterocycles. The molecule has 0 fully saturated rings. The number of hydrogen-bond donors (Lipinski definition) is 1. The van der Waals surface area contributed by atoms with E-state index in [0.717, 1.165) is 30.8 Å². The van der Waals surface area contributed by atoms with Gasteiger partial charge in [0.2, 0.25) is 0 Å². The minimum absolute atomic E-state index is 0.0185. The lowest BCUT2D eigenvalue weighted by atomic mass is 10.00. The molecule has 0 aromatic heterocycles. The molecule has 0 amide bonds. The topological polar surface area (TPSA) is 60.6 Å². The highest BCUT2D eigenvalue weighted by Crippen LogP contribution is 2.41. The smallest absolute Gasteiger partial charge is 0.137 e. The fourth-order valence-electron chi connectivity index (χ4n) is 3.43. The Bertz CT molecular complexity index is 919. The van der Waals surface area contributed by atoms with Crippen molar-refractivity contribution in [3.05, 3.63) is 58.7 Å². The van der Waals surface area contributed by atoms with Crippen LogP contribution in [0.1, 0.15) is 41.5 Å². The fourth-order valence-corrected chi connectivity index (χ4v) is 4.29. The second-order valence-electron chi connectivity index (χ2n) is 6.97. The summed E-state index contributed by atoms with van der Waals surface area (Å²) in [5, 5.41) is 19.6. The van der Waals surface area contributed by atoms with Crippen LogP contribution in [0.25, 0.3) is 0 Å². The largest absolute Gasteiger partial charge is 0.490 e. The van der Waals surface area contributed by atoms with E-state index < -0.39 is 0 Å². The molecule has 0 bridgehead atoms. The zero-order valence-corrected chi connectivity index (χ0v) is 16.3. The van der Waals surface area contributed by atoms with E-state index in [0.29, 0.717) is 11.3 Å². The third kappa shape index (κ3) is 3.66. The van der Waals surface area contributed by atoms with E-state index >= 15 is 0 Å². The average Bonchev–Trinajstić information content (AvgIpc) is 3.17. The van der Waals surface area contributed by atoms with Crippen molar-refractivity contribution in [2.75, 3.05) is 11.6 Å². The van der Waals surface area contributed by atoms with Gasteiger partial charge >= 0.3 is 0 Å². The van der Waals surface area contributed by atoms with Crippen molar-refractivity contribution < 1.29 is 4.74 Å². The summed E-state index contributed by atoms with van der Waals surface area (Å²) in [7, 11) is 0. The zero-order valence-electron chi connectivity index (χ0n) is 15.5. The number of nitrogens with one attached hydrogen (secondary N) is 1. The van der Waals surface area contributed by atoms with Gasteiger partial charge in [0.05, 0.1) is 22.9 Å². The molecule has 0 saturated carbocycles. The minimum atomic E-state index is 0.0185. The zero-order chi connectivity index (χ0) is 18.8. The van der Waals surface area contributed by atoms with Gasteiger partial charge in [-0.2, -0.15) is 10.4 Å². The first-order valence-electron chi connectivity index (χ1n) is 9.16. The molecule has 1 atom stereocenters. The van der Waals surface area contributed by atoms with E-state index in [-0.39, 0.29) is 11.5 Å². The Morgan fingerprint density at radius 1 is 1.26 bits per heavy atom. The minimum Gasteiger partial charge on any atom is -0.490 e. The SMILES string of the molecule is CC(C)Oc1ccc(C2SC=NN2c2ccc3c(c2)CCNC3)cc1C#N. The average molecular weight is 379 g/mol. The van der Waals surface area contributed by atoms with Crippen LogP contribution in [0.15, 0.2) is 41.5 Å². The molecule has 2 aromatic rings. The highest BCUT2D eigenvalue weighted by Gasteiger charge is 2.26. The maximum absolute atomic E-state index is 9.53. The predicted octanol–water partition coefficient (Wildman–Crippen LogP) is 4.19. The number of anilines is 1. The van der Waals surface area contributed by atoms with Crippen LogP contribution in [0.4, 0.5) is 5.69 Å². The van der Waals surface area contributed by atoms with E-state index in [1.807, 2.05) is 42.6 Å². The molecule has 1 N–H and O–H groups in total. The Morgan fingerprint density at radius 3 is 2.96 bits per heavy atom. The van der Waals surface area contributed by atoms with Crippen LogP contribution in [-0.2, 0) is 13.0 Å². The van der Waals surface area contributed by atoms with Gasteiger partial charge in [0.1, 0.15) is 17.2 Å². The first-order valence-corrected chi connectivity index (χ1v) is 10.1. The van der Waals surface area contributed by atoms with Crippen molar-refractivity contribution in [2.45, 2.75) is 38.3 Å². The molecule has 4 rings (SSSR count). The van der Waals surface area contributed by atoms with E-state index in [9.17, 15) is 5.26 Å². The molecule has 2 aromatic carbocycles. The van der Waals surface area contributed by atoms with Gasteiger partial charge in [-0.15, -0.1) is 0 Å². The summed E-state index contributed by atoms with van der Waals surface area (Å²) < 4.78 is 5.75. The van der Waals surface area contributed by atoms with Gasteiger partial charge < -0.3 is 10.1 Å². The summed E-state index contributed by atoms with van der Waals surface area (Å²) in [6.07, 6.45) is 1.08. The number of fused-ring (bicyclic) bond motifs is 1. The standard InChI is InChI=1S/C21H22N4OS/c1-14(2)26-20-6-4-16(9-18(20)11-22)21-25(24-13-27-21)19-5-3-17-12-23-8-7-15(17)10-19/h3-6,9-10,13-14,21,23H,7-8,12H2,1-2H3. The second kappa shape index (κ2) is 7.63. The Kier molecular flexibility index (Phi) is 5.06. The summed E-state index contributed by atoms with van der Waals surface area (Å²) in [6.45, 7) is 5.87. The predicted molar refractivity (Wildman–Crippen MR) is 110 cm³/mol. The first kappa shape index (κ1) is 17.9. The number of rotatable bonds is 4. The maximum Gasteiger partial charge on any atom is 0.137 e. The van der Waals surface area contributed by atoms with Gasteiger partial charge in [0.25, 0.3) is 0 Å². The second-order valence-corrected chi connectivity index (χ2v) is 7.90. The molecule has 5 nitrogen and oxygen atoms in total. The number of nitrogens with zero attached hydrogens (tertiary/aromatic N) is 3. The van der Waals surface area contributed by atoms with Crippen molar-refractivity contribution in [3.8, 4) is 11.8 Å². The number of nitriles is 1. The van der Waals surface area contributed by atoms with Gasteiger partial charge in [0.15, 0.2) is 0 Å². The molecular formula is C21H22N4OS. The molecular weight excluding hydrogens is 356 g/mol. The molecule has 2 heterocycles. The van der Waals surface area contributed by atoms with Crippen molar-refractivity contribution in [2.24, 2.45) is 5.10 Å². The van der Waals surface area contributed by atoms with E-state index in [4.69, 9.17) is 4.74 Å². The Labute approximate surface area is 164 Å². The molecule has 1 unspecified atom stereocenters. The number of hydrazone groups is 1. The van der Waals surface area contributed by atoms with Crippen molar-refractivity contribution in [1.29, 1.82) is 5.26 Å². The third-order valence-corrected chi connectivity index (χ3v) is 5.64. The first-order chi connectivity index (χ1) is 13.2. The number of benzene rings is 2. The summed E-state index contributed by atoms with van der Waals surface area (Å²) in [6, 6.07) is 14.7. The van der Waals surface area contributed by atoms with Crippen LogP contribution in [0.2, 0.25) is 0 Å². The normalized spacial score (nSPS) is 18.4. The highest BCUT2D eigenvalue weighted by atomic mass is 32.2. The summed E-state index contributed by atoms with van der Waals surface area (Å²) in [4.78, 5) is 0. The van der Waals surface area contributed by atoms with Gasteiger partial charge in [-0.05, 0) is 67.8 Å². The lowest BCUT2D eigenvalue weighted by Gasteiger charge is -2.26. The van der Waals surface area contributed by atoms with Gasteiger partial charge in [-0.25, -0.2) is 5.01 Å². The maximum atomic E-state index is 9.53. The van der Waals surface area contributed by atoms with Crippen LogP contribution < -0.4 is 15.1 Å². The number of hydrogen-bond acceptors (Lipinski definition) is 6. The Morgan fingerprint density at radius 2 is 2.15 bits per heavy atom. The summed E-state index contributed by atoms with van der Waals surface area (Å²) in [5.41, 5.74) is 7.31. The quantitative estimate of drug-likeness (QED) is 0.864. The van der Waals surface area contributed by atoms with Crippen LogP contribution in [-0.4, -0.2) is 18.2 Å². The highest BCUT2D eigenvalue weighted by molar-refractivity contribution is 8.12. The van der Waals surface area contributed by atoms with Crippen LogP contribution in [0.5, 0.6) is 5.75 Å². The molecule has 0 spiro atoms. The lowest BCUT2D eigenvalue weighted by molar-refractivity contribution is 0.241. The molecule has 0 radical (unpaired) electrons. The molecule has 2 aliphatic heterocycles. The van der Waals surface area contributed by atoms with Gasteiger partial charge in [-0.1, -0.05) is 23.9 Å². The van der Waals surface area contributed by atoms with Crippen molar-refractivity contribution in [1.82, 2.24) is 5.32 Å². The molecule has 138 valence electrons. The van der Waals surface area contributed by atoms with E-state index in [1.54, 1.807) is 11.8 Å². The molecule has 27 heavy (non-hydrogen) atoms. The van der Waals surface area contributed by atoms with E-state index in [2.05, 4.69) is 34.7 Å². The Hall–Kier alpha value is -2.49. The van der Waals surface area contributed by atoms with Gasteiger partial charge in [-0.3, -0.25) is 0 Å². The van der Waals surface area contributed by atoms with Crippen LogP contribution >= 0.6 is 11.8 Å². The van der Waals surface area contributed by atoms with Crippen LogP contribution in [0, 0.1) is 11.3 Å². The lowest BCUT2D eigenvalue weighted by Crippen LogP contribution is -2.24. The number of ether oxygens (including phenoxy) is 1. The van der Waals surface area contributed by atoms with Crippen molar-refractivity contribution in [3.63, 3.8) is 0 Å². The summed E-state index contributed by atoms with van der Waals surface area (Å²) >= 11 is 1.65. The third-order valence-electron chi connectivity index (χ3n) is 4.70. The van der Waals surface area contributed by atoms with Crippen molar-refractivity contribution >= 4 is 23.0 Å². The van der Waals surface area contributed by atoms with Crippen LogP contribution in [0.3, 0.4) is 0 Å². The fraction of sp³-hybridized carbons (Fsp3) is 0.333. The summed E-state index contributed by atoms with van der Waals surface area (Å²) in [5.74, 6) is 0.632. The Balaban J connectivity index is 1.63. The molecule has 2 aliphatic rings.